The van der Waals surface area contributed by atoms with Crippen LogP contribution in [0.2, 0.25) is 0 Å². The second kappa shape index (κ2) is 4.38. The summed E-state index contributed by atoms with van der Waals surface area (Å²) in [5, 5.41) is 22.5. The number of nitrogens with one attached hydrogen (secondary N) is 1. The maximum atomic E-state index is 9.74. The lowest BCUT2D eigenvalue weighted by Crippen LogP contribution is -2.33. The van der Waals surface area contributed by atoms with E-state index in [0.29, 0.717) is 23.2 Å². The van der Waals surface area contributed by atoms with Crippen LogP contribution in [0.4, 0.5) is 0 Å². The Balaban J connectivity index is 2.31. The minimum Gasteiger partial charge on any atom is -0.504 e. The molecular formula is C10H12BrNO3. The van der Waals surface area contributed by atoms with E-state index in [1.54, 1.807) is 12.1 Å². The number of hydrogen-bond donors (Lipinski definition) is 3. The lowest BCUT2D eigenvalue weighted by Gasteiger charge is -2.24. The minimum atomic E-state index is -0.197. The standard InChI is InChI=1S/C10H12BrNO3/c11-7-2-1-6(9(13)10(7)14)8-5-12-3-4-15-8/h1-2,8,12-14H,3-5H2. The Kier molecular flexibility index (Phi) is 3.14. The van der Waals surface area contributed by atoms with Crippen LogP contribution < -0.4 is 5.32 Å². The lowest BCUT2D eigenvalue weighted by molar-refractivity contribution is 0.0261. The maximum absolute atomic E-state index is 9.74. The molecule has 1 aliphatic heterocycles. The highest BCUT2D eigenvalue weighted by Gasteiger charge is 2.21. The topological polar surface area (TPSA) is 61.7 Å². The number of hydrogen-bond acceptors (Lipinski definition) is 4. The van der Waals surface area contributed by atoms with Gasteiger partial charge in [-0.15, -0.1) is 0 Å². The molecule has 0 aliphatic carbocycles. The van der Waals surface area contributed by atoms with Crippen LogP contribution in [0.15, 0.2) is 16.6 Å². The van der Waals surface area contributed by atoms with Crippen molar-refractivity contribution in [3.63, 3.8) is 0 Å². The first-order chi connectivity index (χ1) is 7.20. The lowest BCUT2D eigenvalue weighted by atomic mass is 10.1. The van der Waals surface area contributed by atoms with Crippen LogP contribution in [0.3, 0.4) is 0 Å². The smallest absolute Gasteiger partial charge is 0.172 e. The normalized spacial score (nSPS) is 21.5. The number of phenolic OH excluding ortho intramolecular Hbond substituents is 2. The SMILES string of the molecule is Oc1c(Br)ccc(C2CNCCO2)c1O. The van der Waals surface area contributed by atoms with Gasteiger partial charge in [0, 0.05) is 18.7 Å². The van der Waals surface area contributed by atoms with E-state index in [2.05, 4.69) is 21.2 Å². The summed E-state index contributed by atoms with van der Waals surface area (Å²) < 4.78 is 5.97. The summed E-state index contributed by atoms with van der Waals surface area (Å²) in [6.07, 6.45) is -0.197. The van der Waals surface area contributed by atoms with Gasteiger partial charge in [0.05, 0.1) is 17.2 Å². The van der Waals surface area contributed by atoms with Gasteiger partial charge in [-0.3, -0.25) is 0 Å². The van der Waals surface area contributed by atoms with Gasteiger partial charge in [0.15, 0.2) is 11.5 Å². The van der Waals surface area contributed by atoms with E-state index in [4.69, 9.17) is 4.74 Å². The van der Waals surface area contributed by atoms with E-state index < -0.39 is 0 Å². The third kappa shape index (κ3) is 2.09. The monoisotopic (exact) mass is 273 g/mol. The third-order valence-electron chi connectivity index (χ3n) is 2.41. The first-order valence-electron chi connectivity index (χ1n) is 4.73. The largest absolute Gasteiger partial charge is 0.504 e. The average molecular weight is 274 g/mol. The highest BCUT2D eigenvalue weighted by atomic mass is 79.9. The van der Waals surface area contributed by atoms with Gasteiger partial charge in [-0.2, -0.15) is 0 Å². The summed E-state index contributed by atoms with van der Waals surface area (Å²) in [6.45, 7) is 2.08. The summed E-state index contributed by atoms with van der Waals surface area (Å²) in [6, 6.07) is 3.44. The van der Waals surface area contributed by atoms with Gasteiger partial charge in [-0.25, -0.2) is 0 Å². The molecule has 3 N–H and O–H groups in total. The van der Waals surface area contributed by atoms with Crippen molar-refractivity contribution in [2.45, 2.75) is 6.10 Å². The molecule has 2 rings (SSSR count). The fourth-order valence-electron chi connectivity index (χ4n) is 1.60. The predicted molar refractivity (Wildman–Crippen MR) is 59.0 cm³/mol. The Morgan fingerprint density at radius 1 is 1.33 bits per heavy atom. The summed E-state index contributed by atoms with van der Waals surface area (Å²) in [7, 11) is 0. The van der Waals surface area contributed by atoms with Gasteiger partial charge in [-0.1, -0.05) is 6.07 Å². The van der Waals surface area contributed by atoms with Gasteiger partial charge in [0.25, 0.3) is 0 Å². The molecule has 0 radical (unpaired) electrons. The predicted octanol–water partition coefficient (Wildman–Crippen LogP) is 1.52. The van der Waals surface area contributed by atoms with Crippen molar-refractivity contribution in [1.82, 2.24) is 5.32 Å². The van der Waals surface area contributed by atoms with Crippen LogP contribution in [0.1, 0.15) is 11.7 Å². The van der Waals surface area contributed by atoms with Gasteiger partial charge in [-0.05, 0) is 22.0 Å². The van der Waals surface area contributed by atoms with Crippen LogP contribution in [0, 0.1) is 0 Å². The van der Waals surface area contributed by atoms with Crippen molar-refractivity contribution in [3.8, 4) is 11.5 Å². The number of phenols is 2. The van der Waals surface area contributed by atoms with Crippen LogP contribution in [0.25, 0.3) is 0 Å². The van der Waals surface area contributed by atoms with Crippen molar-refractivity contribution in [2.75, 3.05) is 19.7 Å². The molecule has 0 saturated carbocycles. The number of benzene rings is 1. The van der Waals surface area contributed by atoms with E-state index in [0.717, 1.165) is 6.54 Å². The zero-order valence-electron chi connectivity index (χ0n) is 8.03. The summed E-state index contributed by atoms with van der Waals surface area (Å²) in [4.78, 5) is 0. The van der Waals surface area contributed by atoms with Gasteiger partial charge in [0.1, 0.15) is 0 Å². The van der Waals surface area contributed by atoms with E-state index in [1.807, 2.05) is 0 Å². The Bertz CT molecular complexity index is 364. The van der Waals surface area contributed by atoms with Crippen molar-refractivity contribution >= 4 is 15.9 Å². The highest BCUT2D eigenvalue weighted by molar-refractivity contribution is 9.10. The third-order valence-corrected chi connectivity index (χ3v) is 3.05. The molecule has 15 heavy (non-hydrogen) atoms. The summed E-state index contributed by atoms with van der Waals surface area (Å²) in [5.41, 5.74) is 0.614. The van der Waals surface area contributed by atoms with Crippen molar-refractivity contribution < 1.29 is 14.9 Å². The number of ether oxygens (including phenoxy) is 1. The number of rotatable bonds is 1. The van der Waals surface area contributed by atoms with Crippen molar-refractivity contribution in [1.29, 1.82) is 0 Å². The molecule has 1 aliphatic rings. The quantitative estimate of drug-likeness (QED) is 0.679. The average Bonchev–Trinajstić information content (AvgIpc) is 2.27. The fraction of sp³-hybridized carbons (Fsp3) is 0.400. The van der Waals surface area contributed by atoms with E-state index in [-0.39, 0.29) is 17.6 Å². The summed E-state index contributed by atoms with van der Waals surface area (Å²) >= 11 is 3.14. The maximum Gasteiger partial charge on any atom is 0.172 e. The zero-order chi connectivity index (χ0) is 10.8. The molecule has 1 fully saturated rings. The number of morpholine rings is 1. The van der Waals surface area contributed by atoms with Crippen LogP contribution in [-0.2, 0) is 4.74 Å². The van der Waals surface area contributed by atoms with Crippen molar-refractivity contribution in [2.24, 2.45) is 0 Å². The zero-order valence-corrected chi connectivity index (χ0v) is 9.62. The Morgan fingerprint density at radius 3 is 2.80 bits per heavy atom. The molecule has 0 spiro atoms. The molecule has 1 unspecified atom stereocenters. The number of halogens is 1. The molecule has 5 heteroatoms. The van der Waals surface area contributed by atoms with Crippen LogP contribution in [0.5, 0.6) is 11.5 Å². The fourth-order valence-corrected chi connectivity index (χ4v) is 1.92. The molecule has 1 saturated heterocycles. The van der Waals surface area contributed by atoms with Crippen molar-refractivity contribution in [3.05, 3.63) is 22.2 Å². The first-order valence-corrected chi connectivity index (χ1v) is 5.52. The van der Waals surface area contributed by atoms with Crippen LogP contribution in [-0.4, -0.2) is 29.9 Å². The van der Waals surface area contributed by atoms with E-state index in [1.165, 1.54) is 0 Å². The number of aromatic hydroxyl groups is 2. The molecule has 1 atom stereocenters. The molecule has 1 aromatic rings. The molecule has 0 bridgehead atoms. The molecule has 1 heterocycles. The van der Waals surface area contributed by atoms with Crippen LogP contribution >= 0.6 is 15.9 Å². The Hall–Kier alpha value is -0.780. The second-order valence-corrected chi connectivity index (χ2v) is 4.25. The Labute approximate surface area is 96.0 Å². The van der Waals surface area contributed by atoms with Gasteiger partial charge in [0.2, 0.25) is 0 Å². The Morgan fingerprint density at radius 2 is 2.13 bits per heavy atom. The second-order valence-electron chi connectivity index (χ2n) is 3.40. The van der Waals surface area contributed by atoms with Gasteiger partial charge >= 0.3 is 0 Å². The molecule has 0 aromatic heterocycles. The first kappa shape index (κ1) is 10.7. The molecule has 4 nitrogen and oxygen atoms in total. The highest BCUT2D eigenvalue weighted by Crippen LogP contribution is 2.39. The van der Waals surface area contributed by atoms with E-state index >= 15 is 0 Å². The molecular weight excluding hydrogens is 262 g/mol. The minimum absolute atomic E-state index is 0.113. The molecule has 0 amide bonds. The van der Waals surface area contributed by atoms with Gasteiger partial charge < -0.3 is 20.3 Å². The molecule has 1 aromatic carbocycles. The molecule has 82 valence electrons. The van der Waals surface area contributed by atoms with E-state index in [9.17, 15) is 10.2 Å². The summed E-state index contributed by atoms with van der Waals surface area (Å²) in [5.74, 6) is -0.250.